The fourth-order valence-corrected chi connectivity index (χ4v) is 3.67. The van der Waals surface area contributed by atoms with Crippen molar-refractivity contribution < 1.29 is 29.3 Å². The molecule has 5 N–H and O–H groups in total. The lowest BCUT2D eigenvalue weighted by Gasteiger charge is -2.39. The minimum atomic E-state index is -5.30. The molecule has 1 aliphatic heterocycles. The van der Waals surface area contributed by atoms with Gasteiger partial charge >= 0.3 is 0 Å². The zero-order chi connectivity index (χ0) is 16.9. The molecule has 12 nitrogen and oxygen atoms in total. The number of nitrogens with zero attached hydrogens (tertiary/aromatic N) is 3. The van der Waals surface area contributed by atoms with E-state index < -0.39 is 43.9 Å². The SMILES string of the molecule is Nc1nc2c(ncn2C2OC(CO)C(O)C2P(=O)([O-])[O-])c(=O)[nH]1. The Labute approximate surface area is 127 Å². The Kier molecular flexibility index (Phi) is 3.75. The molecule has 4 unspecified atom stereocenters. The molecule has 3 heterocycles. The third-order valence-electron chi connectivity index (χ3n) is 3.61. The second kappa shape index (κ2) is 5.37. The van der Waals surface area contributed by atoms with E-state index in [1.807, 2.05) is 0 Å². The normalized spacial score (nSPS) is 28.5. The molecule has 13 heteroatoms. The van der Waals surface area contributed by atoms with Crippen LogP contribution in [0.1, 0.15) is 6.23 Å². The molecule has 0 saturated carbocycles. The standard InChI is InChI=1S/C10H14N5O7P/c11-10-13-7-4(8(18)14-10)12-2-15(7)9-6(23(19,20)21)5(17)3(1-16)22-9/h2-3,5-6,9,16-17H,1H2,(H2,19,20,21)(H3,11,13,14,18)/p-2. The molecule has 0 aromatic carbocycles. The molecular weight excluding hydrogens is 333 g/mol. The van der Waals surface area contributed by atoms with E-state index in [-0.39, 0.29) is 17.1 Å². The molecule has 1 aliphatic rings. The summed E-state index contributed by atoms with van der Waals surface area (Å²) in [4.78, 5) is 44.5. The average Bonchev–Trinajstić information content (AvgIpc) is 2.98. The van der Waals surface area contributed by atoms with Crippen LogP contribution >= 0.6 is 7.60 Å². The number of aliphatic hydroxyl groups is 2. The van der Waals surface area contributed by atoms with Gasteiger partial charge in [-0.3, -0.25) is 14.3 Å². The first-order chi connectivity index (χ1) is 10.7. The summed E-state index contributed by atoms with van der Waals surface area (Å²) in [7, 11) is -5.30. The fourth-order valence-electron chi connectivity index (χ4n) is 2.58. The second-order valence-electron chi connectivity index (χ2n) is 5.04. The van der Waals surface area contributed by atoms with Gasteiger partial charge in [0.25, 0.3) is 5.56 Å². The van der Waals surface area contributed by atoms with Crippen molar-refractivity contribution in [2.24, 2.45) is 0 Å². The zero-order valence-electron chi connectivity index (χ0n) is 11.4. The number of anilines is 1. The van der Waals surface area contributed by atoms with Crippen molar-refractivity contribution in [2.45, 2.75) is 24.1 Å². The van der Waals surface area contributed by atoms with E-state index in [4.69, 9.17) is 15.6 Å². The lowest BCUT2D eigenvalue weighted by molar-refractivity contribution is -0.319. The molecule has 0 bridgehead atoms. The number of rotatable bonds is 3. The highest BCUT2D eigenvalue weighted by molar-refractivity contribution is 7.49. The molecule has 23 heavy (non-hydrogen) atoms. The maximum absolute atomic E-state index is 11.7. The van der Waals surface area contributed by atoms with Gasteiger partial charge < -0.3 is 35.0 Å². The van der Waals surface area contributed by atoms with Gasteiger partial charge in [0.15, 0.2) is 11.2 Å². The van der Waals surface area contributed by atoms with Gasteiger partial charge in [-0.2, -0.15) is 4.98 Å². The number of aliphatic hydroxyl groups excluding tert-OH is 2. The highest BCUT2D eigenvalue weighted by Gasteiger charge is 2.46. The number of aromatic amines is 1. The van der Waals surface area contributed by atoms with E-state index in [0.29, 0.717) is 0 Å². The highest BCUT2D eigenvalue weighted by atomic mass is 31.2. The Hall–Kier alpha value is -1.82. The molecule has 3 rings (SSSR count). The molecule has 0 amide bonds. The van der Waals surface area contributed by atoms with Gasteiger partial charge in [0.2, 0.25) is 5.95 Å². The van der Waals surface area contributed by atoms with Crippen molar-refractivity contribution in [3.63, 3.8) is 0 Å². The van der Waals surface area contributed by atoms with E-state index in [1.54, 1.807) is 0 Å². The number of nitrogens with two attached hydrogens (primary N) is 1. The highest BCUT2D eigenvalue weighted by Crippen LogP contribution is 2.47. The Bertz CT molecular complexity index is 844. The molecule has 4 atom stereocenters. The number of ether oxygens (including phenoxy) is 1. The van der Waals surface area contributed by atoms with Crippen molar-refractivity contribution in [1.82, 2.24) is 19.5 Å². The van der Waals surface area contributed by atoms with Gasteiger partial charge in [0.05, 0.1) is 24.7 Å². The van der Waals surface area contributed by atoms with Gasteiger partial charge in [-0.25, -0.2) is 4.98 Å². The Morgan fingerprint density at radius 1 is 1.52 bits per heavy atom. The number of H-pyrrole nitrogens is 1. The molecule has 0 radical (unpaired) electrons. The van der Waals surface area contributed by atoms with Gasteiger partial charge in [0.1, 0.15) is 12.3 Å². The van der Waals surface area contributed by atoms with Crippen molar-refractivity contribution in [1.29, 1.82) is 0 Å². The minimum Gasteiger partial charge on any atom is -0.810 e. The van der Waals surface area contributed by atoms with Crippen LogP contribution in [0.4, 0.5) is 5.95 Å². The maximum atomic E-state index is 11.7. The van der Waals surface area contributed by atoms with E-state index in [1.165, 1.54) is 0 Å². The van der Waals surface area contributed by atoms with Crippen LogP contribution in [-0.2, 0) is 9.30 Å². The summed E-state index contributed by atoms with van der Waals surface area (Å²) in [5.74, 6) is -0.245. The molecule has 2 aromatic heterocycles. The molecule has 126 valence electrons. The molecule has 2 aromatic rings. The van der Waals surface area contributed by atoms with Crippen LogP contribution in [0.3, 0.4) is 0 Å². The molecular formula is C10H12N5O7P-2. The number of aromatic nitrogens is 4. The van der Waals surface area contributed by atoms with Gasteiger partial charge in [-0.05, 0) is 0 Å². The predicted molar refractivity (Wildman–Crippen MR) is 71.0 cm³/mol. The number of hydrogen-bond acceptors (Lipinski definition) is 10. The average molecular weight is 345 g/mol. The van der Waals surface area contributed by atoms with E-state index in [2.05, 4.69) is 15.0 Å². The van der Waals surface area contributed by atoms with Crippen LogP contribution in [0.15, 0.2) is 11.1 Å². The fraction of sp³-hybridized carbons (Fsp3) is 0.500. The minimum absolute atomic E-state index is 0.111. The van der Waals surface area contributed by atoms with Gasteiger partial charge in [-0.15, -0.1) is 0 Å². The summed E-state index contributed by atoms with van der Waals surface area (Å²) in [5.41, 5.74) is 2.65. The van der Waals surface area contributed by atoms with Crippen LogP contribution < -0.4 is 21.1 Å². The quantitative estimate of drug-likeness (QED) is 0.400. The van der Waals surface area contributed by atoms with Crippen molar-refractivity contribution in [3.05, 3.63) is 16.7 Å². The monoisotopic (exact) mass is 345 g/mol. The van der Waals surface area contributed by atoms with E-state index >= 15 is 0 Å². The molecule has 0 aliphatic carbocycles. The van der Waals surface area contributed by atoms with Crippen LogP contribution in [-0.4, -0.2) is 54.2 Å². The third-order valence-corrected chi connectivity index (χ3v) is 4.90. The topological polar surface area (TPSA) is 202 Å². The first-order valence-electron chi connectivity index (χ1n) is 6.42. The van der Waals surface area contributed by atoms with Crippen LogP contribution in [0, 0.1) is 0 Å². The van der Waals surface area contributed by atoms with Crippen LogP contribution in [0.25, 0.3) is 11.2 Å². The number of nitrogens with one attached hydrogen (secondary N) is 1. The Morgan fingerprint density at radius 2 is 2.22 bits per heavy atom. The molecule has 0 spiro atoms. The van der Waals surface area contributed by atoms with Crippen LogP contribution in [0.5, 0.6) is 0 Å². The summed E-state index contributed by atoms with van der Waals surface area (Å²) >= 11 is 0. The lowest BCUT2D eigenvalue weighted by atomic mass is 10.2. The van der Waals surface area contributed by atoms with Crippen LogP contribution in [0.2, 0.25) is 0 Å². The van der Waals surface area contributed by atoms with Gasteiger partial charge in [-0.1, -0.05) is 7.60 Å². The smallest absolute Gasteiger partial charge is 0.280 e. The summed E-state index contributed by atoms with van der Waals surface area (Å²) in [6, 6.07) is 0. The van der Waals surface area contributed by atoms with Crippen molar-refractivity contribution in [3.8, 4) is 0 Å². The first kappa shape index (κ1) is 16.1. The zero-order valence-corrected chi connectivity index (χ0v) is 12.3. The third kappa shape index (κ3) is 2.55. The first-order valence-corrected chi connectivity index (χ1v) is 8.03. The van der Waals surface area contributed by atoms with E-state index in [9.17, 15) is 24.3 Å². The second-order valence-corrected chi connectivity index (χ2v) is 6.72. The largest absolute Gasteiger partial charge is 0.810 e. The Balaban J connectivity index is 2.17. The maximum Gasteiger partial charge on any atom is 0.280 e. The van der Waals surface area contributed by atoms with Crippen molar-refractivity contribution >= 4 is 24.7 Å². The summed E-state index contributed by atoms with van der Waals surface area (Å²) in [5, 5.41) is 19.1. The van der Waals surface area contributed by atoms with E-state index in [0.717, 1.165) is 10.9 Å². The number of fused-ring (bicyclic) bond motifs is 1. The Morgan fingerprint density at radius 3 is 2.83 bits per heavy atom. The number of nitrogen functional groups attached to an aromatic ring is 1. The lowest BCUT2D eigenvalue weighted by Crippen LogP contribution is -2.39. The number of hydrogen-bond donors (Lipinski definition) is 4. The van der Waals surface area contributed by atoms with Crippen molar-refractivity contribution in [2.75, 3.05) is 12.3 Å². The summed E-state index contributed by atoms with van der Waals surface area (Å²) in [6.07, 6.45) is -3.46. The predicted octanol–water partition coefficient (Wildman–Crippen LogP) is -3.77. The molecule has 1 saturated heterocycles. The van der Waals surface area contributed by atoms with Gasteiger partial charge in [0, 0.05) is 0 Å². The summed E-state index contributed by atoms with van der Waals surface area (Å²) < 4.78 is 17.8. The number of imidazole rings is 1. The molecule has 1 fully saturated rings. The summed E-state index contributed by atoms with van der Waals surface area (Å²) in [6.45, 7) is -0.697.